The molecule has 0 aromatic heterocycles. The predicted molar refractivity (Wildman–Crippen MR) is 75.1 cm³/mol. The van der Waals surface area contributed by atoms with Crippen LogP contribution in [0.3, 0.4) is 0 Å². The van der Waals surface area contributed by atoms with Crippen LogP contribution in [0, 0.1) is 11.8 Å². The molecule has 0 aromatic carbocycles. The van der Waals surface area contributed by atoms with E-state index in [-0.39, 0.29) is 0 Å². The van der Waals surface area contributed by atoms with Gasteiger partial charge in [0.05, 0.1) is 0 Å². The molecule has 0 radical (unpaired) electrons. The van der Waals surface area contributed by atoms with Gasteiger partial charge in [-0.2, -0.15) is 0 Å². The Hall–Kier alpha value is -0.560. The van der Waals surface area contributed by atoms with E-state index in [0.29, 0.717) is 0 Å². The van der Waals surface area contributed by atoms with Crippen LogP contribution in [0.25, 0.3) is 0 Å². The maximum absolute atomic E-state index is 3.90. The molecule has 2 rings (SSSR count). The van der Waals surface area contributed by atoms with E-state index < -0.39 is 0 Å². The third-order valence-corrected chi connectivity index (χ3v) is 4.64. The van der Waals surface area contributed by atoms with E-state index in [2.05, 4.69) is 18.1 Å². The van der Waals surface area contributed by atoms with Gasteiger partial charge in [0.1, 0.15) is 0 Å². The van der Waals surface area contributed by atoms with Crippen molar-refractivity contribution >= 4 is 0 Å². The van der Waals surface area contributed by atoms with Crippen molar-refractivity contribution in [1.29, 1.82) is 0 Å². The monoisotopic (exact) mass is 233 g/mol. The standard InChI is InChI=1S/C16H27N/c1-3-10-17(11-4-2)16-13-14-8-6-5-7-9-15(16)12-14/h3-4,14-16H,1-2,5-13H2. The molecule has 2 aliphatic rings. The molecule has 0 saturated heterocycles. The second-order valence-electron chi connectivity index (χ2n) is 5.83. The Morgan fingerprint density at radius 1 is 0.941 bits per heavy atom. The molecule has 2 bridgehead atoms. The van der Waals surface area contributed by atoms with Crippen molar-refractivity contribution < 1.29 is 0 Å². The number of rotatable bonds is 5. The SMILES string of the molecule is C=CCN(CC=C)C1CC2CCCCCC1C2. The number of nitrogens with zero attached hydrogens (tertiary/aromatic N) is 1. The van der Waals surface area contributed by atoms with E-state index in [1.54, 1.807) is 0 Å². The highest BCUT2D eigenvalue weighted by atomic mass is 15.2. The van der Waals surface area contributed by atoms with E-state index >= 15 is 0 Å². The van der Waals surface area contributed by atoms with Gasteiger partial charge in [0.25, 0.3) is 0 Å². The molecular weight excluding hydrogens is 206 g/mol. The maximum Gasteiger partial charge on any atom is 0.0166 e. The van der Waals surface area contributed by atoms with Gasteiger partial charge in [-0.05, 0) is 31.1 Å². The van der Waals surface area contributed by atoms with Gasteiger partial charge in [-0.3, -0.25) is 4.90 Å². The topological polar surface area (TPSA) is 3.24 Å². The zero-order chi connectivity index (χ0) is 12.1. The molecule has 2 saturated carbocycles. The van der Waals surface area contributed by atoms with Crippen molar-refractivity contribution in [2.75, 3.05) is 13.1 Å². The largest absolute Gasteiger partial charge is 0.293 e. The second kappa shape index (κ2) is 6.39. The minimum absolute atomic E-state index is 0.800. The van der Waals surface area contributed by atoms with Crippen LogP contribution in [-0.2, 0) is 0 Å². The minimum atomic E-state index is 0.800. The Morgan fingerprint density at radius 3 is 2.35 bits per heavy atom. The lowest BCUT2D eigenvalue weighted by Gasteiger charge is -2.31. The summed E-state index contributed by atoms with van der Waals surface area (Å²) in [4.78, 5) is 2.59. The Labute approximate surface area is 107 Å². The molecule has 3 unspecified atom stereocenters. The summed E-state index contributed by atoms with van der Waals surface area (Å²) in [6, 6.07) is 0.800. The Kier molecular flexibility index (Phi) is 4.85. The van der Waals surface area contributed by atoms with Crippen LogP contribution in [0.5, 0.6) is 0 Å². The normalized spacial score (nSPS) is 33.1. The third-order valence-electron chi connectivity index (χ3n) is 4.64. The molecule has 2 aliphatic carbocycles. The summed E-state index contributed by atoms with van der Waals surface area (Å²) in [6.07, 6.45) is 14.3. The van der Waals surface area contributed by atoms with E-state index in [4.69, 9.17) is 0 Å². The van der Waals surface area contributed by atoms with Crippen LogP contribution in [0.2, 0.25) is 0 Å². The molecule has 0 aliphatic heterocycles. The van der Waals surface area contributed by atoms with Gasteiger partial charge >= 0.3 is 0 Å². The van der Waals surface area contributed by atoms with Crippen LogP contribution in [-0.4, -0.2) is 24.0 Å². The van der Waals surface area contributed by atoms with Crippen LogP contribution < -0.4 is 0 Å². The van der Waals surface area contributed by atoms with Crippen molar-refractivity contribution in [1.82, 2.24) is 4.90 Å². The van der Waals surface area contributed by atoms with E-state index in [9.17, 15) is 0 Å². The molecule has 0 heterocycles. The summed E-state index contributed by atoms with van der Waals surface area (Å²) in [5.74, 6) is 1.95. The van der Waals surface area contributed by atoms with Crippen molar-refractivity contribution in [3.05, 3.63) is 25.3 Å². The summed E-state index contributed by atoms with van der Waals surface area (Å²) < 4.78 is 0. The van der Waals surface area contributed by atoms with Crippen LogP contribution in [0.4, 0.5) is 0 Å². The highest BCUT2D eigenvalue weighted by molar-refractivity contribution is 4.94. The summed E-state index contributed by atoms with van der Waals surface area (Å²) >= 11 is 0. The van der Waals surface area contributed by atoms with E-state index in [1.165, 1.54) is 44.9 Å². The Bertz CT molecular complexity index is 248. The molecule has 0 aromatic rings. The fourth-order valence-corrected chi connectivity index (χ4v) is 3.90. The van der Waals surface area contributed by atoms with Crippen molar-refractivity contribution in [3.8, 4) is 0 Å². The molecule has 2 fully saturated rings. The highest BCUT2D eigenvalue weighted by Crippen LogP contribution is 2.41. The lowest BCUT2D eigenvalue weighted by Crippen LogP contribution is -2.38. The fourth-order valence-electron chi connectivity index (χ4n) is 3.90. The van der Waals surface area contributed by atoms with Gasteiger partial charge in [-0.1, -0.05) is 37.8 Å². The van der Waals surface area contributed by atoms with Gasteiger partial charge in [0, 0.05) is 19.1 Å². The van der Waals surface area contributed by atoms with Crippen molar-refractivity contribution in [3.63, 3.8) is 0 Å². The van der Waals surface area contributed by atoms with Gasteiger partial charge in [0.15, 0.2) is 0 Å². The van der Waals surface area contributed by atoms with E-state index in [1.807, 2.05) is 12.2 Å². The van der Waals surface area contributed by atoms with Crippen molar-refractivity contribution in [2.24, 2.45) is 11.8 Å². The first-order valence-corrected chi connectivity index (χ1v) is 7.31. The van der Waals surface area contributed by atoms with Crippen molar-refractivity contribution in [2.45, 2.75) is 51.0 Å². The first kappa shape index (κ1) is 12.9. The predicted octanol–water partition coefficient (Wildman–Crippen LogP) is 4.02. The van der Waals surface area contributed by atoms with Crippen LogP contribution >= 0.6 is 0 Å². The van der Waals surface area contributed by atoms with Crippen LogP contribution in [0.15, 0.2) is 25.3 Å². The van der Waals surface area contributed by atoms with Crippen LogP contribution in [0.1, 0.15) is 44.9 Å². The highest BCUT2D eigenvalue weighted by Gasteiger charge is 2.37. The molecule has 17 heavy (non-hydrogen) atoms. The number of hydrogen-bond donors (Lipinski definition) is 0. The summed E-state index contributed by atoms with van der Waals surface area (Å²) in [5, 5.41) is 0. The first-order valence-electron chi connectivity index (χ1n) is 7.31. The van der Waals surface area contributed by atoms with Gasteiger partial charge in [-0.15, -0.1) is 13.2 Å². The van der Waals surface area contributed by atoms with Gasteiger partial charge in [0.2, 0.25) is 0 Å². The summed E-state index contributed by atoms with van der Waals surface area (Å²) in [6.45, 7) is 9.86. The smallest absolute Gasteiger partial charge is 0.0166 e. The molecule has 1 heteroatoms. The molecular formula is C16H27N. The number of hydrogen-bond acceptors (Lipinski definition) is 1. The summed E-state index contributed by atoms with van der Waals surface area (Å²) in [5.41, 5.74) is 0. The van der Waals surface area contributed by atoms with Gasteiger partial charge in [-0.25, -0.2) is 0 Å². The van der Waals surface area contributed by atoms with Gasteiger partial charge < -0.3 is 0 Å². The maximum atomic E-state index is 3.90. The molecule has 0 N–H and O–H groups in total. The molecule has 96 valence electrons. The molecule has 1 nitrogen and oxygen atoms in total. The lowest BCUT2D eigenvalue weighted by molar-refractivity contribution is 0.187. The Balaban J connectivity index is 2.02. The lowest BCUT2D eigenvalue weighted by atomic mass is 9.90. The Morgan fingerprint density at radius 2 is 1.65 bits per heavy atom. The second-order valence-corrected chi connectivity index (χ2v) is 5.83. The average molecular weight is 233 g/mol. The molecule has 0 spiro atoms. The quantitative estimate of drug-likeness (QED) is 0.648. The average Bonchev–Trinajstić information content (AvgIpc) is 2.71. The molecule has 0 amide bonds. The zero-order valence-corrected chi connectivity index (χ0v) is 11.1. The van der Waals surface area contributed by atoms with E-state index in [0.717, 1.165) is 31.0 Å². The summed E-state index contributed by atoms with van der Waals surface area (Å²) in [7, 11) is 0. The number of fused-ring (bicyclic) bond motifs is 2. The fraction of sp³-hybridized carbons (Fsp3) is 0.750. The third kappa shape index (κ3) is 3.22. The minimum Gasteiger partial charge on any atom is -0.293 e. The first-order chi connectivity index (χ1) is 8.35. The molecule has 3 atom stereocenters. The zero-order valence-electron chi connectivity index (χ0n) is 11.1.